The Labute approximate surface area is 173 Å². The van der Waals surface area contributed by atoms with E-state index in [0.29, 0.717) is 6.42 Å². The van der Waals surface area contributed by atoms with Crippen LogP contribution >= 0.6 is 0 Å². The normalized spacial score (nSPS) is 26.6. The van der Waals surface area contributed by atoms with Crippen LogP contribution in [0.15, 0.2) is 0 Å². The number of carbonyl (C=O) groups is 3. The minimum absolute atomic E-state index is 0.0564. The molecule has 2 N–H and O–H groups in total. The Morgan fingerprint density at radius 2 is 1.55 bits per heavy atom. The number of epoxide rings is 1. The second-order valence-electron chi connectivity index (χ2n) is 9.21. The average Bonchev–Trinajstić information content (AvgIpc) is 3.50. The molecule has 2 saturated carbocycles. The summed E-state index contributed by atoms with van der Waals surface area (Å²) in [5, 5.41) is 5.90. The first-order valence-electron chi connectivity index (χ1n) is 11.4. The number of nitrogens with one attached hydrogen (secondary N) is 2. The lowest BCUT2D eigenvalue weighted by Gasteiger charge is -2.26. The zero-order chi connectivity index (χ0) is 20.8. The first kappa shape index (κ1) is 22.1. The minimum atomic E-state index is -0.844. The lowest BCUT2D eigenvalue weighted by Crippen LogP contribution is -2.51. The number of ether oxygens (including phenoxy) is 2. The molecule has 0 aromatic heterocycles. The summed E-state index contributed by atoms with van der Waals surface area (Å²) in [6.45, 7) is 4.04. The molecule has 1 heterocycles. The number of carbonyl (C=O) groups excluding carboxylic acids is 3. The second-order valence-corrected chi connectivity index (χ2v) is 9.21. The van der Waals surface area contributed by atoms with Crippen molar-refractivity contribution in [1.29, 1.82) is 0 Å². The van der Waals surface area contributed by atoms with E-state index in [1.165, 1.54) is 12.8 Å². The minimum Gasteiger partial charge on any atom is -0.460 e. The van der Waals surface area contributed by atoms with Crippen molar-refractivity contribution in [3.05, 3.63) is 0 Å². The van der Waals surface area contributed by atoms with Crippen molar-refractivity contribution in [3.63, 3.8) is 0 Å². The van der Waals surface area contributed by atoms with E-state index in [9.17, 15) is 14.4 Å². The molecule has 0 spiro atoms. The van der Waals surface area contributed by atoms with Gasteiger partial charge in [0.2, 0.25) is 5.91 Å². The van der Waals surface area contributed by atoms with Gasteiger partial charge in [-0.15, -0.1) is 0 Å². The first-order valence-corrected chi connectivity index (χ1v) is 11.4. The molecule has 1 saturated heterocycles. The van der Waals surface area contributed by atoms with Crippen LogP contribution in [0, 0.1) is 5.92 Å². The van der Waals surface area contributed by atoms with Crippen LogP contribution in [0.4, 0.5) is 0 Å². The fourth-order valence-electron chi connectivity index (χ4n) is 4.41. The maximum Gasteiger partial charge on any atom is 0.338 e. The molecule has 7 heteroatoms. The predicted octanol–water partition coefficient (Wildman–Crippen LogP) is 2.61. The van der Waals surface area contributed by atoms with Crippen molar-refractivity contribution in [2.45, 2.75) is 115 Å². The molecule has 7 nitrogen and oxygen atoms in total. The number of esters is 1. The zero-order valence-corrected chi connectivity index (χ0v) is 17.8. The van der Waals surface area contributed by atoms with Crippen LogP contribution in [0.2, 0.25) is 0 Å². The SMILES string of the molecule is CC(C)C[C@H](NC(=O)[C@H]1O[C@@H]1C(=O)OC1CCCCC1)C(=O)NC1CCCCC1. The van der Waals surface area contributed by atoms with Crippen LogP contribution in [0.3, 0.4) is 0 Å². The number of hydrogen-bond donors (Lipinski definition) is 2. The molecule has 0 aromatic carbocycles. The van der Waals surface area contributed by atoms with Gasteiger partial charge in [-0.25, -0.2) is 4.79 Å². The summed E-state index contributed by atoms with van der Waals surface area (Å²) < 4.78 is 10.8. The van der Waals surface area contributed by atoms with Gasteiger partial charge in [-0.3, -0.25) is 9.59 Å². The smallest absolute Gasteiger partial charge is 0.338 e. The summed E-state index contributed by atoms with van der Waals surface area (Å²) in [6.07, 6.45) is 9.37. The highest BCUT2D eigenvalue weighted by Gasteiger charge is 2.52. The van der Waals surface area contributed by atoms with Gasteiger partial charge in [0.25, 0.3) is 5.91 Å². The average molecular weight is 409 g/mol. The van der Waals surface area contributed by atoms with Gasteiger partial charge in [-0.1, -0.05) is 39.5 Å². The molecule has 3 aliphatic rings. The molecule has 2 aliphatic carbocycles. The molecule has 0 bridgehead atoms. The Balaban J connectivity index is 1.47. The van der Waals surface area contributed by atoms with Crippen LogP contribution < -0.4 is 10.6 Å². The van der Waals surface area contributed by atoms with Gasteiger partial charge in [-0.2, -0.15) is 0 Å². The maximum absolute atomic E-state index is 12.7. The Hall–Kier alpha value is -1.63. The summed E-state index contributed by atoms with van der Waals surface area (Å²) in [5.41, 5.74) is 0. The largest absolute Gasteiger partial charge is 0.460 e. The monoisotopic (exact) mass is 408 g/mol. The van der Waals surface area contributed by atoms with Gasteiger partial charge in [0.1, 0.15) is 12.1 Å². The van der Waals surface area contributed by atoms with E-state index in [2.05, 4.69) is 10.6 Å². The number of amides is 2. The topological polar surface area (TPSA) is 97.0 Å². The fourth-order valence-corrected chi connectivity index (χ4v) is 4.41. The summed E-state index contributed by atoms with van der Waals surface area (Å²) in [5.74, 6) is -0.741. The highest BCUT2D eigenvalue weighted by Crippen LogP contribution is 2.27. The second kappa shape index (κ2) is 10.4. The van der Waals surface area contributed by atoms with E-state index in [1.807, 2.05) is 13.8 Å². The van der Waals surface area contributed by atoms with Gasteiger partial charge in [0.15, 0.2) is 12.2 Å². The molecule has 3 atom stereocenters. The van der Waals surface area contributed by atoms with Crippen molar-refractivity contribution >= 4 is 17.8 Å². The molecule has 0 aromatic rings. The molecule has 0 radical (unpaired) electrons. The molecule has 0 unspecified atom stereocenters. The van der Waals surface area contributed by atoms with E-state index in [-0.39, 0.29) is 24.0 Å². The third-order valence-corrected chi connectivity index (χ3v) is 6.11. The highest BCUT2D eigenvalue weighted by molar-refractivity contribution is 5.95. The quantitative estimate of drug-likeness (QED) is 0.475. The molecule has 3 rings (SSSR count). The zero-order valence-electron chi connectivity index (χ0n) is 17.8. The van der Waals surface area contributed by atoms with E-state index in [0.717, 1.165) is 51.4 Å². The van der Waals surface area contributed by atoms with Gasteiger partial charge in [0.05, 0.1) is 0 Å². The Morgan fingerprint density at radius 1 is 0.931 bits per heavy atom. The maximum atomic E-state index is 12.7. The molecule has 29 heavy (non-hydrogen) atoms. The predicted molar refractivity (Wildman–Crippen MR) is 108 cm³/mol. The molecular weight excluding hydrogens is 372 g/mol. The lowest BCUT2D eigenvalue weighted by molar-refractivity contribution is -0.152. The Kier molecular flexibility index (Phi) is 7.92. The summed E-state index contributed by atoms with van der Waals surface area (Å²) in [7, 11) is 0. The van der Waals surface area contributed by atoms with Crippen LogP contribution in [0.5, 0.6) is 0 Å². The summed E-state index contributed by atoms with van der Waals surface area (Å²) in [4.78, 5) is 37.6. The summed E-state index contributed by atoms with van der Waals surface area (Å²) >= 11 is 0. The van der Waals surface area contributed by atoms with Gasteiger partial charge in [-0.05, 0) is 50.9 Å². The van der Waals surface area contributed by atoms with Crippen molar-refractivity contribution in [1.82, 2.24) is 10.6 Å². The van der Waals surface area contributed by atoms with E-state index < -0.39 is 30.1 Å². The molecule has 164 valence electrons. The van der Waals surface area contributed by atoms with Crippen LogP contribution in [0.25, 0.3) is 0 Å². The highest BCUT2D eigenvalue weighted by atomic mass is 16.6. The molecule has 1 aliphatic heterocycles. The standard InChI is InChI=1S/C22H36N2O5/c1-14(2)13-17(20(25)23-15-9-5-3-6-10-15)24-21(26)18-19(29-18)22(27)28-16-11-7-4-8-12-16/h14-19H,3-13H2,1-2H3,(H,23,25)(H,24,26)/t17-,18-,19-/m0/s1. The molecule has 2 amide bonds. The fraction of sp³-hybridized carbons (Fsp3) is 0.864. The van der Waals surface area contributed by atoms with Crippen molar-refractivity contribution in [2.24, 2.45) is 5.92 Å². The Morgan fingerprint density at radius 3 is 2.17 bits per heavy atom. The third-order valence-electron chi connectivity index (χ3n) is 6.11. The van der Waals surface area contributed by atoms with E-state index in [1.54, 1.807) is 0 Å². The number of hydrogen-bond acceptors (Lipinski definition) is 5. The lowest BCUT2D eigenvalue weighted by atomic mass is 9.94. The molecule has 3 fully saturated rings. The number of rotatable bonds is 8. The van der Waals surface area contributed by atoms with E-state index >= 15 is 0 Å². The molecular formula is C22H36N2O5. The van der Waals surface area contributed by atoms with Crippen molar-refractivity contribution < 1.29 is 23.9 Å². The van der Waals surface area contributed by atoms with Crippen LogP contribution in [-0.2, 0) is 23.9 Å². The van der Waals surface area contributed by atoms with Crippen LogP contribution in [-0.4, -0.2) is 48.2 Å². The summed E-state index contributed by atoms with van der Waals surface area (Å²) in [6, 6.07) is -0.415. The van der Waals surface area contributed by atoms with Gasteiger partial charge in [0, 0.05) is 6.04 Å². The third kappa shape index (κ3) is 6.69. The van der Waals surface area contributed by atoms with Crippen molar-refractivity contribution in [2.75, 3.05) is 0 Å². The van der Waals surface area contributed by atoms with Gasteiger partial charge < -0.3 is 20.1 Å². The Bertz CT molecular complexity index is 582. The van der Waals surface area contributed by atoms with E-state index in [4.69, 9.17) is 9.47 Å². The van der Waals surface area contributed by atoms with Crippen molar-refractivity contribution in [3.8, 4) is 0 Å². The van der Waals surface area contributed by atoms with Crippen LogP contribution in [0.1, 0.15) is 84.5 Å². The first-order chi connectivity index (χ1) is 13.9. The van der Waals surface area contributed by atoms with Gasteiger partial charge >= 0.3 is 5.97 Å².